The van der Waals surface area contributed by atoms with E-state index in [-0.39, 0.29) is 17.7 Å². The van der Waals surface area contributed by atoms with Gasteiger partial charge in [0.15, 0.2) is 0 Å². The van der Waals surface area contributed by atoms with Gasteiger partial charge in [-0.3, -0.25) is 9.59 Å². The maximum Gasteiger partial charge on any atom is 0.227 e. The molecule has 2 amide bonds. The number of nitrogens with two attached hydrogens (primary N) is 1. The van der Waals surface area contributed by atoms with Crippen LogP contribution in [0.3, 0.4) is 0 Å². The molecule has 1 rings (SSSR count). The van der Waals surface area contributed by atoms with Gasteiger partial charge in [0.2, 0.25) is 11.8 Å². The topological polar surface area (TPSA) is 84.2 Å². The highest BCUT2D eigenvalue weighted by Gasteiger charge is 2.15. The molecule has 0 saturated heterocycles. The maximum absolute atomic E-state index is 12.0. The summed E-state index contributed by atoms with van der Waals surface area (Å²) in [5, 5.41) is 5.60. The van der Waals surface area contributed by atoms with E-state index >= 15 is 0 Å². The Balaban J connectivity index is 2.35. The summed E-state index contributed by atoms with van der Waals surface area (Å²) in [7, 11) is 0. The van der Waals surface area contributed by atoms with Crippen LogP contribution >= 0.6 is 0 Å². The van der Waals surface area contributed by atoms with E-state index < -0.39 is 0 Å². The minimum Gasteiger partial charge on any atom is -0.399 e. The molecule has 1 aromatic carbocycles. The van der Waals surface area contributed by atoms with E-state index in [0.717, 1.165) is 5.56 Å². The first-order valence-electron chi connectivity index (χ1n) is 7.30. The van der Waals surface area contributed by atoms with Crippen molar-refractivity contribution in [1.29, 1.82) is 0 Å². The van der Waals surface area contributed by atoms with Crippen LogP contribution in [0.2, 0.25) is 0 Å². The lowest BCUT2D eigenvalue weighted by atomic mass is 10.00. The molecule has 0 aliphatic heterocycles. The molecule has 1 atom stereocenters. The minimum atomic E-state index is -0.285. The van der Waals surface area contributed by atoms with Crippen LogP contribution in [0.4, 0.5) is 5.69 Å². The molecule has 0 radical (unpaired) electrons. The van der Waals surface area contributed by atoms with Gasteiger partial charge < -0.3 is 16.4 Å². The van der Waals surface area contributed by atoms with Crippen molar-refractivity contribution >= 4 is 17.5 Å². The number of nitrogens with one attached hydrogen (secondary N) is 2. The van der Waals surface area contributed by atoms with Gasteiger partial charge in [0.25, 0.3) is 0 Å². The molecule has 0 aromatic heterocycles. The number of amides is 2. The van der Waals surface area contributed by atoms with Gasteiger partial charge in [-0.05, 0) is 30.5 Å². The molecule has 0 aliphatic carbocycles. The van der Waals surface area contributed by atoms with Crippen molar-refractivity contribution in [2.75, 3.05) is 18.8 Å². The van der Waals surface area contributed by atoms with Crippen molar-refractivity contribution < 1.29 is 9.59 Å². The summed E-state index contributed by atoms with van der Waals surface area (Å²) < 4.78 is 0. The molecule has 4 N–H and O–H groups in total. The van der Waals surface area contributed by atoms with E-state index in [1.165, 1.54) is 0 Å². The molecular weight excluding hydrogens is 266 g/mol. The summed E-state index contributed by atoms with van der Waals surface area (Å²) in [6.07, 6.45) is 0.294. The van der Waals surface area contributed by atoms with Crippen LogP contribution < -0.4 is 16.4 Å². The fourth-order valence-corrected chi connectivity index (χ4v) is 1.84. The molecule has 116 valence electrons. The van der Waals surface area contributed by atoms with Gasteiger partial charge in [-0.1, -0.05) is 26.0 Å². The lowest BCUT2D eigenvalue weighted by Gasteiger charge is -2.13. The van der Waals surface area contributed by atoms with Gasteiger partial charge in [0, 0.05) is 25.2 Å². The smallest absolute Gasteiger partial charge is 0.227 e. The average molecular weight is 291 g/mol. The third-order valence-corrected chi connectivity index (χ3v) is 3.16. The monoisotopic (exact) mass is 291 g/mol. The van der Waals surface area contributed by atoms with Gasteiger partial charge in [-0.15, -0.1) is 0 Å². The molecule has 0 bridgehead atoms. The van der Waals surface area contributed by atoms with Crippen LogP contribution in [-0.2, 0) is 9.59 Å². The number of rotatable bonds is 7. The van der Waals surface area contributed by atoms with Crippen molar-refractivity contribution in [2.45, 2.75) is 33.1 Å². The first-order chi connectivity index (χ1) is 9.90. The van der Waals surface area contributed by atoms with Crippen LogP contribution in [0, 0.1) is 5.92 Å². The number of carbonyl (C=O) groups excluding carboxylic acids is 2. The van der Waals surface area contributed by atoms with Crippen molar-refractivity contribution in [3.8, 4) is 0 Å². The summed E-state index contributed by atoms with van der Waals surface area (Å²) in [4.78, 5) is 23.6. The Morgan fingerprint density at radius 3 is 2.52 bits per heavy atom. The number of nitrogen functional groups attached to an aromatic ring is 1. The second kappa shape index (κ2) is 8.29. The van der Waals surface area contributed by atoms with E-state index in [4.69, 9.17) is 5.73 Å². The summed E-state index contributed by atoms with van der Waals surface area (Å²) in [6, 6.07) is 7.27. The Morgan fingerprint density at radius 2 is 1.90 bits per heavy atom. The molecule has 1 unspecified atom stereocenters. The van der Waals surface area contributed by atoms with Gasteiger partial charge >= 0.3 is 0 Å². The van der Waals surface area contributed by atoms with E-state index in [0.29, 0.717) is 31.1 Å². The van der Waals surface area contributed by atoms with Crippen LogP contribution in [-0.4, -0.2) is 24.9 Å². The molecule has 0 saturated carbocycles. The van der Waals surface area contributed by atoms with E-state index in [1.54, 1.807) is 12.1 Å². The first-order valence-corrected chi connectivity index (χ1v) is 7.30. The fourth-order valence-electron chi connectivity index (χ4n) is 1.84. The molecule has 0 spiro atoms. The van der Waals surface area contributed by atoms with Gasteiger partial charge in [-0.2, -0.15) is 0 Å². The summed E-state index contributed by atoms with van der Waals surface area (Å²) >= 11 is 0. The molecule has 0 aliphatic rings. The van der Waals surface area contributed by atoms with E-state index in [2.05, 4.69) is 10.6 Å². The second-order valence-corrected chi connectivity index (χ2v) is 5.63. The largest absolute Gasteiger partial charge is 0.399 e. The predicted molar refractivity (Wildman–Crippen MR) is 84.7 cm³/mol. The third-order valence-electron chi connectivity index (χ3n) is 3.16. The molecule has 5 heteroatoms. The second-order valence-electron chi connectivity index (χ2n) is 5.63. The lowest BCUT2D eigenvalue weighted by molar-refractivity contribution is -0.123. The quantitative estimate of drug-likeness (QED) is 0.668. The van der Waals surface area contributed by atoms with Crippen molar-refractivity contribution in [2.24, 2.45) is 5.92 Å². The third kappa shape index (κ3) is 6.29. The number of carbonyl (C=O) groups is 2. The normalized spacial score (nSPS) is 12.0. The minimum absolute atomic E-state index is 0.0411. The summed E-state index contributed by atoms with van der Waals surface area (Å²) in [5.41, 5.74) is 7.22. The predicted octanol–water partition coefficient (Wildman–Crippen LogP) is 1.65. The molecule has 0 heterocycles. The van der Waals surface area contributed by atoms with E-state index in [9.17, 15) is 9.59 Å². The Morgan fingerprint density at radius 1 is 1.19 bits per heavy atom. The molecule has 5 nitrogen and oxygen atoms in total. The molecule has 0 fully saturated rings. The zero-order valence-electron chi connectivity index (χ0n) is 13.0. The fraction of sp³-hybridized carbons (Fsp3) is 0.500. The van der Waals surface area contributed by atoms with Gasteiger partial charge in [-0.25, -0.2) is 0 Å². The van der Waals surface area contributed by atoms with Crippen LogP contribution in [0.25, 0.3) is 0 Å². The van der Waals surface area contributed by atoms with Gasteiger partial charge in [0.05, 0.1) is 5.92 Å². The van der Waals surface area contributed by atoms with E-state index in [1.807, 2.05) is 32.9 Å². The zero-order chi connectivity index (χ0) is 15.8. The molecule has 1 aromatic rings. The average Bonchev–Trinajstić information content (AvgIpc) is 2.44. The van der Waals surface area contributed by atoms with Gasteiger partial charge in [0.1, 0.15) is 0 Å². The summed E-state index contributed by atoms with van der Waals surface area (Å²) in [5.74, 6) is -0.00260. The Kier molecular flexibility index (Phi) is 6.72. The first kappa shape index (κ1) is 17.0. The van der Waals surface area contributed by atoms with Crippen molar-refractivity contribution in [3.63, 3.8) is 0 Å². The highest BCUT2D eigenvalue weighted by Crippen LogP contribution is 2.17. The van der Waals surface area contributed by atoms with Crippen LogP contribution in [0.15, 0.2) is 24.3 Å². The number of anilines is 1. The number of benzene rings is 1. The highest BCUT2D eigenvalue weighted by atomic mass is 16.2. The SMILES string of the molecule is CC(C)CNC(=O)CCNC(=O)C(C)c1cccc(N)c1. The van der Waals surface area contributed by atoms with Crippen LogP contribution in [0.5, 0.6) is 0 Å². The summed E-state index contributed by atoms with van der Waals surface area (Å²) in [6.45, 7) is 6.90. The number of hydrogen-bond donors (Lipinski definition) is 3. The molecular formula is C16H25N3O2. The van der Waals surface area contributed by atoms with Crippen molar-refractivity contribution in [1.82, 2.24) is 10.6 Å². The molecule has 21 heavy (non-hydrogen) atoms. The zero-order valence-corrected chi connectivity index (χ0v) is 13.0. The van der Waals surface area contributed by atoms with Crippen LogP contribution in [0.1, 0.15) is 38.7 Å². The Hall–Kier alpha value is -2.04. The Labute approximate surface area is 126 Å². The maximum atomic E-state index is 12.0. The standard InChI is InChI=1S/C16H25N3O2/c1-11(2)10-19-15(20)7-8-18-16(21)12(3)13-5-4-6-14(17)9-13/h4-6,9,11-12H,7-8,10,17H2,1-3H3,(H,18,21)(H,19,20). The lowest BCUT2D eigenvalue weighted by Crippen LogP contribution is -2.34. The Bertz CT molecular complexity index is 486. The number of hydrogen-bond acceptors (Lipinski definition) is 3. The highest BCUT2D eigenvalue weighted by molar-refractivity contribution is 5.84. The van der Waals surface area contributed by atoms with Crippen molar-refractivity contribution in [3.05, 3.63) is 29.8 Å².